The van der Waals surface area contributed by atoms with Gasteiger partial charge in [0.05, 0.1) is 11.1 Å². The largest absolute Gasteiger partial charge is 0.416 e. The zero-order chi connectivity index (χ0) is 17.5. The Bertz CT molecular complexity index is 813. The lowest BCUT2D eigenvalue weighted by Gasteiger charge is -2.21. The summed E-state index contributed by atoms with van der Waals surface area (Å²) in [7, 11) is 1.66. The molecular weight excluding hydrogens is 317 g/mol. The molecule has 124 valence electrons. The van der Waals surface area contributed by atoms with E-state index >= 15 is 0 Å². The number of nitrogens with two attached hydrogens (primary N) is 1. The van der Waals surface area contributed by atoms with E-state index < -0.39 is 17.8 Å². The van der Waals surface area contributed by atoms with E-state index in [2.05, 4.69) is 0 Å². The third-order valence-corrected chi connectivity index (χ3v) is 4.11. The summed E-state index contributed by atoms with van der Waals surface area (Å²) in [5, 5.41) is 0. The molecule has 2 aromatic rings. The quantitative estimate of drug-likeness (QED) is 0.914. The molecule has 0 saturated carbocycles. The normalized spacial score (nSPS) is 18.4. The highest BCUT2D eigenvalue weighted by Crippen LogP contribution is 2.39. The lowest BCUT2D eigenvalue weighted by Crippen LogP contribution is -2.25. The van der Waals surface area contributed by atoms with E-state index in [1.54, 1.807) is 36.2 Å². The molecule has 1 aliphatic rings. The van der Waals surface area contributed by atoms with Crippen LogP contribution in [0.25, 0.3) is 5.57 Å². The number of carbonyl (C=O) groups is 1. The van der Waals surface area contributed by atoms with Gasteiger partial charge in [0, 0.05) is 7.05 Å². The van der Waals surface area contributed by atoms with E-state index in [0.29, 0.717) is 0 Å². The standard InChI is InChI=1S/C18H15F3N2O/c1-23-15(11-6-3-2-4-7-11)16(24)14(17(23)22)12-8-5-9-13(10-12)18(19,20)21/h2-10,15H,22H2,1H3. The summed E-state index contributed by atoms with van der Waals surface area (Å²) in [5.74, 6) is -0.131. The van der Waals surface area contributed by atoms with Gasteiger partial charge < -0.3 is 10.6 Å². The first-order chi connectivity index (χ1) is 11.3. The zero-order valence-electron chi connectivity index (χ0n) is 12.8. The Morgan fingerprint density at radius 2 is 1.71 bits per heavy atom. The van der Waals surface area contributed by atoms with Gasteiger partial charge >= 0.3 is 6.18 Å². The van der Waals surface area contributed by atoms with E-state index in [1.165, 1.54) is 12.1 Å². The van der Waals surface area contributed by atoms with E-state index in [9.17, 15) is 18.0 Å². The van der Waals surface area contributed by atoms with Crippen LogP contribution in [0.15, 0.2) is 60.4 Å². The monoisotopic (exact) mass is 332 g/mol. The first kappa shape index (κ1) is 16.1. The lowest BCUT2D eigenvalue weighted by atomic mass is 9.95. The fraction of sp³-hybridized carbons (Fsp3) is 0.167. The van der Waals surface area contributed by atoms with Gasteiger partial charge in [-0.2, -0.15) is 13.2 Å². The van der Waals surface area contributed by atoms with E-state index in [0.717, 1.165) is 17.7 Å². The number of halogens is 3. The zero-order valence-corrected chi connectivity index (χ0v) is 12.8. The van der Waals surface area contributed by atoms with E-state index in [1.807, 2.05) is 6.07 Å². The summed E-state index contributed by atoms with van der Waals surface area (Å²) in [6.45, 7) is 0. The number of carbonyl (C=O) groups excluding carboxylic acids is 1. The van der Waals surface area contributed by atoms with E-state index in [-0.39, 0.29) is 22.7 Å². The number of hydrogen-bond donors (Lipinski definition) is 1. The van der Waals surface area contributed by atoms with Gasteiger partial charge in [0.25, 0.3) is 0 Å². The maximum Gasteiger partial charge on any atom is 0.416 e. The first-order valence-electron chi connectivity index (χ1n) is 7.30. The molecular formula is C18H15F3N2O. The van der Waals surface area contributed by atoms with Crippen LogP contribution in [0.2, 0.25) is 0 Å². The van der Waals surface area contributed by atoms with Gasteiger partial charge in [-0.25, -0.2) is 0 Å². The van der Waals surface area contributed by atoms with Crippen molar-refractivity contribution in [2.45, 2.75) is 12.2 Å². The molecule has 0 bridgehead atoms. The van der Waals surface area contributed by atoms with Crippen molar-refractivity contribution in [3.63, 3.8) is 0 Å². The van der Waals surface area contributed by atoms with Crippen molar-refractivity contribution in [3.05, 3.63) is 77.1 Å². The smallest absolute Gasteiger partial charge is 0.385 e. The molecule has 6 heteroatoms. The number of likely N-dealkylation sites (N-methyl/N-ethyl adjacent to an activating group) is 1. The van der Waals surface area contributed by atoms with Gasteiger partial charge in [-0.15, -0.1) is 0 Å². The molecule has 0 fully saturated rings. The Hall–Kier alpha value is -2.76. The Morgan fingerprint density at radius 1 is 1.04 bits per heavy atom. The molecule has 1 aliphatic heterocycles. The number of ketones is 1. The van der Waals surface area contributed by atoms with Crippen LogP contribution in [0.4, 0.5) is 13.2 Å². The Kier molecular flexibility index (Phi) is 3.83. The molecule has 1 heterocycles. The number of nitrogens with zero attached hydrogens (tertiary/aromatic N) is 1. The van der Waals surface area contributed by atoms with Crippen LogP contribution in [0.3, 0.4) is 0 Å². The number of hydrogen-bond acceptors (Lipinski definition) is 3. The fourth-order valence-electron chi connectivity index (χ4n) is 2.91. The second-order valence-corrected chi connectivity index (χ2v) is 5.63. The maximum atomic E-state index is 12.9. The van der Waals surface area contributed by atoms with Crippen LogP contribution < -0.4 is 5.73 Å². The SMILES string of the molecule is CN1C(N)=C(c2cccc(C(F)(F)F)c2)C(=O)C1c1ccccc1. The third kappa shape index (κ3) is 2.64. The molecule has 0 amide bonds. The van der Waals surface area contributed by atoms with Gasteiger partial charge in [0.15, 0.2) is 5.78 Å². The maximum absolute atomic E-state index is 12.9. The van der Waals surface area contributed by atoms with Gasteiger partial charge in [0.1, 0.15) is 11.9 Å². The average molecular weight is 332 g/mol. The summed E-state index contributed by atoms with van der Waals surface area (Å²) in [4.78, 5) is 14.4. The van der Waals surface area contributed by atoms with Crippen LogP contribution >= 0.6 is 0 Å². The third-order valence-electron chi connectivity index (χ3n) is 4.11. The molecule has 0 aromatic heterocycles. The molecule has 24 heavy (non-hydrogen) atoms. The molecule has 0 aliphatic carbocycles. The predicted molar refractivity (Wildman–Crippen MR) is 84.5 cm³/mol. The molecule has 0 radical (unpaired) electrons. The molecule has 0 saturated heterocycles. The minimum atomic E-state index is -4.47. The van der Waals surface area contributed by atoms with Crippen molar-refractivity contribution < 1.29 is 18.0 Å². The number of rotatable bonds is 2. The summed E-state index contributed by atoms with van der Waals surface area (Å²) in [6, 6.07) is 13.1. The molecule has 1 atom stereocenters. The molecule has 2 N–H and O–H groups in total. The summed E-state index contributed by atoms with van der Waals surface area (Å²) in [6.07, 6.45) is -4.47. The summed E-state index contributed by atoms with van der Waals surface area (Å²) in [5.41, 5.74) is 6.28. The predicted octanol–water partition coefficient (Wildman–Crippen LogP) is 3.59. The van der Waals surface area contributed by atoms with Gasteiger partial charge in [-0.1, -0.05) is 42.5 Å². The number of benzene rings is 2. The summed E-state index contributed by atoms with van der Waals surface area (Å²) < 4.78 is 38.8. The van der Waals surface area contributed by atoms with Crippen molar-refractivity contribution in [1.82, 2.24) is 4.90 Å². The topological polar surface area (TPSA) is 46.3 Å². The first-order valence-corrected chi connectivity index (χ1v) is 7.30. The molecule has 2 aromatic carbocycles. The van der Waals surface area contributed by atoms with E-state index in [4.69, 9.17) is 5.73 Å². The minimum absolute atomic E-state index is 0.123. The number of Topliss-reactive ketones (excluding diaryl/α,β-unsaturated/α-hetero) is 1. The molecule has 0 spiro atoms. The van der Waals surface area contributed by atoms with Gasteiger partial charge in [-0.3, -0.25) is 4.79 Å². The Balaban J connectivity index is 2.04. The minimum Gasteiger partial charge on any atom is -0.385 e. The van der Waals surface area contributed by atoms with Crippen LogP contribution in [0, 0.1) is 0 Å². The average Bonchev–Trinajstić information content (AvgIpc) is 2.77. The van der Waals surface area contributed by atoms with Crippen molar-refractivity contribution >= 4 is 11.4 Å². The highest BCUT2D eigenvalue weighted by molar-refractivity contribution is 6.26. The van der Waals surface area contributed by atoms with Crippen molar-refractivity contribution in [3.8, 4) is 0 Å². The van der Waals surface area contributed by atoms with Crippen LogP contribution in [-0.4, -0.2) is 17.7 Å². The van der Waals surface area contributed by atoms with Crippen LogP contribution in [0.5, 0.6) is 0 Å². The highest BCUT2D eigenvalue weighted by atomic mass is 19.4. The van der Waals surface area contributed by atoms with Crippen molar-refractivity contribution in [1.29, 1.82) is 0 Å². The number of alkyl halides is 3. The fourth-order valence-corrected chi connectivity index (χ4v) is 2.91. The lowest BCUT2D eigenvalue weighted by molar-refractivity contribution is -0.137. The van der Waals surface area contributed by atoms with Crippen molar-refractivity contribution in [2.75, 3.05) is 7.05 Å². The van der Waals surface area contributed by atoms with Crippen molar-refractivity contribution in [2.24, 2.45) is 5.73 Å². The van der Waals surface area contributed by atoms with Gasteiger partial charge in [0.2, 0.25) is 0 Å². The highest BCUT2D eigenvalue weighted by Gasteiger charge is 2.39. The Morgan fingerprint density at radius 3 is 2.33 bits per heavy atom. The summed E-state index contributed by atoms with van der Waals surface area (Å²) >= 11 is 0. The Labute approximate surface area is 137 Å². The van der Waals surface area contributed by atoms with Crippen LogP contribution in [0.1, 0.15) is 22.7 Å². The second kappa shape index (κ2) is 5.70. The molecule has 3 nitrogen and oxygen atoms in total. The van der Waals surface area contributed by atoms with Crippen LogP contribution in [-0.2, 0) is 11.0 Å². The molecule has 1 unspecified atom stereocenters. The second-order valence-electron chi connectivity index (χ2n) is 5.63. The van der Waals surface area contributed by atoms with Gasteiger partial charge in [-0.05, 0) is 23.3 Å². The molecule has 3 rings (SSSR count).